The molecule has 0 aliphatic carbocycles. The zero-order valence-corrected chi connectivity index (χ0v) is 52.2. The number of nitriles is 2. The molecule has 26 heteroatoms. The maximum atomic E-state index is 12.7. The van der Waals surface area contributed by atoms with E-state index in [4.69, 9.17) is 91.9 Å². The molecule has 0 saturated carbocycles. The molecule has 9 rings (SSSR count). The fourth-order valence-electron chi connectivity index (χ4n) is 9.01. The van der Waals surface area contributed by atoms with Gasteiger partial charge in [0.15, 0.2) is 0 Å². The molecular weight excluding hydrogens is 1250 g/mol. The summed E-state index contributed by atoms with van der Waals surface area (Å²) < 4.78 is 49.5. The topological polar surface area (TPSA) is 267 Å². The van der Waals surface area contributed by atoms with Gasteiger partial charge in [-0.25, -0.2) is 19.7 Å². The summed E-state index contributed by atoms with van der Waals surface area (Å²) in [5.41, 5.74) is 12.8. The minimum Gasteiger partial charge on any atom is -0.481 e. The minimum atomic E-state index is -5.08. The van der Waals surface area contributed by atoms with Crippen LogP contribution < -0.4 is 25.3 Å². The van der Waals surface area contributed by atoms with E-state index < -0.39 is 18.1 Å². The molecule has 3 atom stereocenters. The van der Waals surface area contributed by atoms with E-state index in [0.717, 1.165) is 91.9 Å². The van der Waals surface area contributed by atoms with Crippen molar-refractivity contribution in [2.24, 2.45) is 5.73 Å². The number of aryl methyl sites for hydroxylation is 3. The number of carboxylic acids is 2. The Kier molecular flexibility index (Phi) is 30.5. The van der Waals surface area contributed by atoms with Crippen LogP contribution in [0.2, 0.25) is 20.1 Å². The van der Waals surface area contributed by atoms with Gasteiger partial charge >= 0.3 is 18.1 Å². The van der Waals surface area contributed by atoms with Crippen LogP contribution in [0.3, 0.4) is 0 Å². The number of amides is 2. The lowest BCUT2D eigenvalue weighted by Crippen LogP contribution is -2.45. The van der Waals surface area contributed by atoms with E-state index in [9.17, 15) is 27.6 Å². The first-order chi connectivity index (χ1) is 41.4. The Labute approximate surface area is 535 Å². The van der Waals surface area contributed by atoms with Gasteiger partial charge < -0.3 is 45.3 Å². The number of pyridine rings is 3. The number of ether oxygens (including phenoxy) is 3. The van der Waals surface area contributed by atoms with E-state index >= 15 is 0 Å². The van der Waals surface area contributed by atoms with Crippen LogP contribution in [0.1, 0.15) is 89.0 Å². The number of rotatable bonds is 13. The van der Waals surface area contributed by atoms with E-state index in [1.54, 1.807) is 59.5 Å². The second-order valence-electron chi connectivity index (χ2n) is 20.3. The van der Waals surface area contributed by atoms with Gasteiger partial charge in [0.25, 0.3) is 0 Å². The first-order valence-corrected chi connectivity index (χ1v) is 29.1. The first kappa shape index (κ1) is 73.0. The highest BCUT2D eigenvalue weighted by molar-refractivity contribution is 6.42. The second-order valence-corrected chi connectivity index (χ2v) is 21.9. The smallest absolute Gasteiger partial charge is 0.481 e. The number of alkyl halides is 3. The van der Waals surface area contributed by atoms with Gasteiger partial charge in [-0.3, -0.25) is 14.4 Å². The number of hydrogen-bond donors (Lipinski definition) is 4. The molecule has 3 aliphatic heterocycles. The summed E-state index contributed by atoms with van der Waals surface area (Å²) in [6, 6.07) is 34.7. The fraction of sp³-hybridized carbons (Fsp3) is 0.371. The highest BCUT2D eigenvalue weighted by atomic mass is 35.5. The van der Waals surface area contributed by atoms with Crippen molar-refractivity contribution in [1.29, 1.82) is 10.5 Å². The number of piperidine rings is 3. The average molecular weight is 1320 g/mol. The number of likely N-dealkylation sites (tertiary alicyclic amines) is 2. The highest BCUT2D eigenvalue weighted by Gasteiger charge is 2.38. The normalized spacial score (nSPS) is 15.9. The maximum absolute atomic E-state index is 12.7. The third-order valence-corrected chi connectivity index (χ3v) is 14.5. The molecule has 0 unspecified atom stereocenters. The molecule has 3 aliphatic rings. The van der Waals surface area contributed by atoms with Crippen molar-refractivity contribution in [1.82, 2.24) is 30.1 Å². The number of benzene rings is 3. The summed E-state index contributed by atoms with van der Waals surface area (Å²) in [7, 11) is 0. The van der Waals surface area contributed by atoms with Crippen LogP contribution in [0.15, 0.2) is 103 Å². The maximum Gasteiger partial charge on any atom is 0.490 e. The van der Waals surface area contributed by atoms with Gasteiger partial charge in [0.1, 0.15) is 18.3 Å². The number of nitrogens with zero attached hydrogens (tertiary/aromatic N) is 7. The third kappa shape index (κ3) is 26.1. The van der Waals surface area contributed by atoms with Crippen molar-refractivity contribution in [3.05, 3.63) is 174 Å². The number of nitrogens with two attached hydrogens (primary N) is 1. The Hall–Kier alpha value is -7.47. The zero-order valence-electron chi connectivity index (χ0n) is 48.4. The number of nitrogens with one attached hydrogen (secondary N) is 1. The number of carbonyl (C=O) groups is 4. The van der Waals surface area contributed by atoms with Crippen molar-refractivity contribution >= 4 is 82.6 Å². The van der Waals surface area contributed by atoms with E-state index in [1.807, 2.05) is 74.2 Å². The lowest BCUT2D eigenvalue weighted by Gasteiger charge is -2.32. The molecule has 2 amide bonds. The van der Waals surface area contributed by atoms with E-state index in [1.165, 1.54) is 0 Å². The standard InChI is InChI=1S/C20H19Cl2N3O2.C20H25N3O2.C12H15N3O.C8H6Cl2O2.C2HF3O2.ClH/c1-13-7-15(11-23)9-19(24-13)27-16-3-2-6-25(12-16)20(26)10-14-4-5-17(21)18(22)8-14;1-15-10-17(13-21)11-19(22-15)25-18-8-5-9-23(14-18)20(24)12-16-6-3-2-4-7-16;1-9-5-10(7-13)6-12(15-9)16-11-3-2-4-14-8-11;9-6-2-1-5(3-7(6)10)4-8(11)12;3-2(4,5)1(6)7;/h4-5,7-9,16H,2-3,6,10,12H2,1H3;2-4,6-7,10-11,18H,5,8-9,12-14,21H2,1H3;5-6,11,14H,2-4,8H2,1H3;1-3H,4H2,(H,11,12);(H,6,7);1H/t16-;18-;11-;;;/m000.../s1. The van der Waals surface area contributed by atoms with E-state index in [2.05, 4.69) is 32.4 Å². The van der Waals surface area contributed by atoms with Gasteiger partial charge in [-0.15, -0.1) is 12.4 Å². The molecule has 0 bridgehead atoms. The Morgan fingerprint density at radius 1 is 0.602 bits per heavy atom. The lowest BCUT2D eigenvalue weighted by atomic mass is 10.1. The van der Waals surface area contributed by atoms with Crippen molar-refractivity contribution in [2.45, 2.75) is 110 Å². The molecule has 3 fully saturated rings. The van der Waals surface area contributed by atoms with Crippen LogP contribution in [0.4, 0.5) is 13.2 Å². The number of aliphatic carboxylic acids is 2. The van der Waals surface area contributed by atoms with Crippen LogP contribution >= 0.6 is 58.8 Å². The number of aromatic nitrogens is 3. The zero-order chi connectivity index (χ0) is 63.6. The number of hydrogen-bond acceptors (Lipinski definition) is 14. The molecular formula is C62H67Cl5F3N9O9. The van der Waals surface area contributed by atoms with Gasteiger partial charge in [0, 0.05) is 61.5 Å². The van der Waals surface area contributed by atoms with Gasteiger partial charge in [-0.1, -0.05) is 88.9 Å². The Morgan fingerprint density at radius 3 is 1.45 bits per heavy atom. The quantitative estimate of drug-likeness (QED) is 0.0837. The molecule has 3 aromatic carbocycles. The van der Waals surface area contributed by atoms with E-state index in [-0.39, 0.29) is 55.4 Å². The van der Waals surface area contributed by atoms with Crippen LogP contribution in [0.25, 0.3) is 0 Å². The predicted molar refractivity (Wildman–Crippen MR) is 330 cm³/mol. The van der Waals surface area contributed by atoms with Gasteiger partial charge in [-0.2, -0.15) is 23.7 Å². The van der Waals surface area contributed by atoms with Crippen LogP contribution in [0, 0.1) is 43.4 Å². The van der Waals surface area contributed by atoms with Crippen molar-refractivity contribution in [3.8, 4) is 29.8 Å². The summed E-state index contributed by atoms with van der Waals surface area (Å²) in [5.74, 6) is -1.87. The lowest BCUT2D eigenvalue weighted by molar-refractivity contribution is -0.192. The molecule has 6 heterocycles. The summed E-state index contributed by atoms with van der Waals surface area (Å²) >= 11 is 23.3. The summed E-state index contributed by atoms with van der Waals surface area (Å²) in [4.78, 5) is 61.1. The number of carbonyl (C=O) groups excluding carboxylic acids is 2. The molecule has 0 radical (unpaired) electrons. The summed E-state index contributed by atoms with van der Waals surface area (Å²) in [6.07, 6.45) is 1.36. The first-order valence-electron chi connectivity index (χ1n) is 27.5. The summed E-state index contributed by atoms with van der Waals surface area (Å²) in [5, 5.41) is 38.5. The average Bonchev–Trinajstić information content (AvgIpc) is 3.66. The Morgan fingerprint density at radius 2 is 1.03 bits per heavy atom. The largest absolute Gasteiger partial charge is 0.490 e. The van der Waals surface area contributed by atoms with E-state index in [0.29, 0.717) is 87.0 Å². The van der Waals surface area contributed by atoms with Crippen LogP contribution in [-0.2, 0) is 45.0 Å². The van der Waals surface area contributed by atoms with Gasteiger partial charge in [0.2, 0.25) is 29.5 Å². The minimum absolute atomic E-state index is 0. The molecule has 470 valence electrons. The molecule has 18 nitrogen and oxygen atoms in total. The fourth-order valence-corrected chi connectivity index (χ4v) is 9.65. The third-order valence-electron chi connectivity index (χ3n) is 13.0. The molecule has 3 aromatic heterocycles. The molecule has 5 N–H and O–H groups in total. The Bertz CT molecular complexity index is 3370. The monoisotopic (exact) mass is 1310 g/mol. The summed E-state index contributed by atoms with van der Waals surface area (Å²) in [6.45, 7) is 10.6. The van der Waals surface area contributed by atoms with Crippen molar-refractivity contribution in [2.75, 3.05) is 39.3 Å². The van der Waals surface area contributed by atoms with Gasteiger partial charge in [-0.05, 0) is 131 Å². The molecule has 88 heavy (non-hydrogen) atoms. The van der Waals surface area contributed by atoms with Crippen LogP contribution in [-0.4, -0.2) is 122 Å². The predicted octanol–water partition coefficient (Wildman–Crippen LogP) is 11.7. The molecule has 3 saturated heterocycles. The van der Waals surface area contributed by atoms with Crippen molar-refractivity contribution < 1.29 is 56.8 Å². The van der Waals surface area contributed by atoms with Gasteiger partial charge in [0.05, 0.1) is 75.7 Å². The molecule has 6 aromatic rings. The van der Waals surface area contributed by atoms with Crippen molar-refractivity contribution in [3.63, 3.8) is 0 Å². The Balaban J connectivity index is 0.000000250. The SMILES string of the molecule is Cc1cc(C#N)cc(O[C@H]2CCCN(C(=O)Cc3ccc(Cl)c(Cl)c3)C2)n1.Cc1cc(C#N)cc(O[C@H]2CCCNC2)n1.Cc1cc(CN)cc(O[C@H]2CCCN(C(=O)Cc3ccccc3)C2)n1.Cl.O=C(O)C(F)(F)F.O=C(O)Cc1ccc(Cl)c(Cl)c1. The van der Waals surface area contributed by atoms with Crippen LogP contribution in [0.5, 0.6) is 17.6 Å². The highest BCUT2D eigenvalue weighted by Crippen LogP contribution is 2.26. The number of halogens is 8. The second kappa shape index (κ2) is 36.7. The number of carboxylic acid groups (broad SMARTS) is 2. The molecule has 0 spiro atoms.